The van der Waals surface area contributed by atoms with Gasteiger partial charge in [0.1, 0.15) is 18.6 Å². The van der Waals surface area contributed by atoms with E-state index in [-0.39, 0.29) is 10.6 Å². The van der Waals surface area contributed by atoms with Crippen LogP contribution in [0.15, 0.2) is 0 Å². The molecule has 0 spiro atoms. The molecular formula is C12H24N3O2+. The molecular weight excluding hydrogens is 218 g/mol. The lowest BCUT2D eigenvalue weighted by atomic mass is 9.77. The summed E-state index contributed by atoms with van der Waals surface area (Å²) in [5.74, 6) is 0.361. The van der Waals surface area contributed by atoms with Gasteiger partial charge < -0.3 is 5.73 Å². The molecule has 1 unspecified atom stereocenters. The normalized spacial score (nSPS) is 46.3. The zero-order chi connectivity index (χ0) is 12.7. The maximum Gasteiger partial charge on any atom is 0.238 e. The van der Waals surface area contributed by atoms with Crippen molar-refractivity contribution in [2.75, 3.05) is 20.1 Å². The average Bonchev–Trinajstić information content (AvgIpc) is 2.26. The maximum absolute atomic E-state index is 11.7. The first-order valence-corrected chi connectivity index (χ1v) is 6.50. The molecule has 2 atom stereocenters. The molecule has 0 aromatic heterocycles. The number of nitrogens with zero attached hydrogens (tertiary/aromatic N) is 1. The van der Waals surface area contributed by atoms with Crippen LogP contribution in [0.1, 0.15) is 32.6 Å². The van der Waals surface area contributed by atoms with E-state index < -0.39 is 5.54 Å². The van der Waals surface area contributed by atoms with Gasteiger partial charge in [-0.2, -0.15) is 4.65 Å². The van der Waals surface area contributed by atoms with Crippen molar-refractivity contribution in [3.05, 3.63) is 0 Å². The molecule has 0 aromatic carbocycles. The van der Waals surface area contributed by atoms with Gasteiger partial charge in [-0.1, -0.05) is 6.92 Å². The molecule has 17 heavy (non-hydrogen) atoms. The summed E-state index contributed by atoms with van der Waals surface area (Å²) >= 11 is 0. The lowest BCUT2D eigenvalue weighted by Crippen LogP contribution is -2.67. The molecule has 1 aliphatic heterocycles. The van der Waals surface area contributed by atoms with Gasteiger partial charge in [-0.15, -0.1) is 0 Å². The SMILES string of the molecule is CC1CC[C@H]1NC1(C(N)=O)CC[N+](C)(O)CC1. The fourth-order valence-corrected chi connectivity index (χ4v) is 2.80. The molecule has 98 valence electrons. The number of carbonyl (C=O) groups is 1. The van der Waals surface area contributed by atoms with Crippen LogP contribution in [0.4, 0.5) is 0 Å². The van der Waals surface area contributed by atoms with Crippen molar-refractivity contribution >= 4 is 5.91 Å². The van der Waals surface area contributed by atoms with Crippen LogP contribution in [0.2, 0.25) is 0 Å². The minimum absolute atomic E-state index is 0.00305. The highest BCUT2D eigenvalue weighted by Crippen LogP contribution is 2.32. The highest BCUT2D eigenvalue weighted by Gasteiger charge is 2.47. The van der Waals surface area contributed by atoms with E-state index in [1.165, 1.54) is 6.42 Å². The molecule has 0 bridgehead atoms. The Kier molecular flexibility index (Phi) is 3.18. The number of amides is 1. The average molecular weight is 242 g/mol. The van der Waals surface area contributed by atoms with E-state index in [4.69, 9.17) is 5.73 Å². The van der Waals surface area contributed by atoms with Crippen LogP contribution in [0, 0.1) is 5.92 Å². The minimum Gasteiger partial charge on any atom is -0.368 e. The van der Waals surface area contributed by atoms with Gasteiger partial charge in [0.2, 0.25) is 5.91 Å². The van der Waals surface area contributed by atoms with Crippen molar-refractivity contribution < 1.29 is 14.6 Å². The summed E-state index contributed by atoms with van der Waals surface area (Å²) in [4.78, 5) is 11.7. The molecule has 4 N–H and O–H groups in total. The standard InChI is InChI=1S/C12H23N3O2/c1-9-3-4-10(9)14-12(11(13)16)5-7-15(2,17)8-6-12/h9-10,14,17H,3-8H2,1-2H3,(H-,13,16)/p+1/t9?,10-,12?,15?/m1/s1. The summed E-state index contributed by atoms with van der Waals surface area (Å²) in [6.45, 7) is 3.36. The number of piperidine rings is 1. The molecule has 0 aromatic rings. The summed E-state index contributed by atoms with van der Waals surface area (Å²) in [6.07, 6.45) is 3.60. The van der Waals surface area contributed by atoms with Crippen molar-refractivity contribution in [1.29, 1.82) is 0 Å². The molecule has 5 heteroatoms. The fraction of sp³-hybridized carbons (Fsp3) is 0.917. The molecule has 1 saturated heterocycles. The largest absolute Gasteiger partial charge is 0.368 e. The first kappa shape index (κ1) is 12.8. The number of hydrogen-bond acceptors (Lipinski definition) is 3. The number of hydroxylamine groups is 3. The summed E-state index contributed by atoms with van der Waals surface area (Å²) in [5.41, 5.74) is 4.98. The quantitative estimate of drug-likeness (QED) is 0.620. The van der Waals surface area contributed by atoms with Gasteiger partial charge >= 0.3 is 0 Å². The number of likely N-dealkylation sites (tertiary alicyclic amines) is 1. The van der Waals surface area contributed by atoms with E-state index in [9.17, 15) is 10.0 Å². The van der Waals surface area contributed by atoms with Crippen molar-refractivity contribution in [2.24, 2.45) is 11.7 Å². The van der Waals surface area contributed by atoms with Crippen LogP contribution in [-0.2, 0) is 4.79 Å². The number of nitrogens with one attached hydrogen (secondary N) is 1. The molecule has 1 amide bonds. The molecule has 1 aliphatic carbocycles. The fourth-order valence-electron chi connectivity index (χ4n) is 2.80. The van der Waals surface area contributed by atoms with E-state index in [1.54, 1.807) is 7.05 Å². The van der Waals surface area contributed by atoms with Gasteiger partial charge in [-0.25, -0.2) is 5.21 Å². The van der Waals surface area contributed by atoms with Gasteiger partial charge in [0.15, 0.2) is 0 Å². The van der Waals surface area contributed by atoms with Crippen LogP contribution < -0.4 is 11.1 Å². The molecule has 2 aliphatic rings. The predicted molar refractivity (Wildman–Crippen MR) is 64.2 cm³/mol. The molecule has 1 heterocycles. The Bertz CT molecular complexity index is 307. The van der Waals surface area contributed by atoms with Crippen molar-refractivity contribution in [3.8, 4) is 0 Å². The lowest BCUT2D eigenvalue weighted by Gasteiger charge is -2.46. The van der Waals surface area contributed by atoms with Crippen LogP contribution >= 0.6 is 0 Å². The van der Waals surface area contributed by atoms with E-state index in [0.29, 0.717) is 37.9 Å². The van der Waals surface area contributed by atoms with Crippen molar-refractivity contribution in [3.63, 3.8) is 0 Å². The molecule has 5 nitrogen and oxygen atoms in total. The number of primary amides is 1. The third-order valence-corrected chi connectivity index (χ3v) is 4.59. The zero-order valence-electron chi connectivity index (χ0n) is 10.8. The molecule has 1 saturated carbocycles. The second-order valence-electron chi connectivity index (χ2n) is 6.04. The molecule has 0 radical (unpaired) electrons. The first-order chi connectivity index (χ1) is 7.85. The number of rotatable bonds is 3. The second kappa shape index (κ2) is 4.23. The van der Waals surface area contributed by atoms with Crippen molar-refractivity contribution in [1.82, 2.24) is 5.32 Å². The van der Waals surface area contributed by atoms with Gasteiger partial charge in [0, 0.05) is 18.9 Å². The Balaban J connectivity index is 2.04. The van der Waals surface area contributed by atoms with E-state index in [0.717, 1.165) is 6.42 Å². The van der Waals surface area contributed by atoms with Crippen LogP contribution in [0.5, 0.6) is 0 Å². The number of quaternary nitrogens is 1. The van der Waals surface area contributed by atoms with Gasteiger partial charge in [-0.05, 0) is 18.8 Å². The van der Waals surface area contributed by atoms with Crippen molar-refractivity contribution in [2.45, 2.75) is 44.2 Å². The highest BCUT2D eigenvalue weighted by molar-refractivity contribution is 5.84. The summed E-state index contributed by atoms with van der Waals surface area (Å²) in [5, 5.41) is 13.4. The Morgan fingerprint density at radius 2 is 2.00 bits per heavy atom. The summed E-state index contributed by atoms with van der Waals surface area (Å²) in [7, 11) is 1.77. The molecule has 2 rings (SSSR count). The van der Waals surface area contributed by atoms with Gasteiger partial charge in [-0.3, -0.25) is 10.1 Å². The topological polar surface area (TPSA) is 75.3 Å². The van der Waals surface area contributed by atoms with Gasteiger partial charge in [0.25, 0.3) is 0 Å². The zero-order valence-corrected chi connectivity index (χ0v) is 10.8. The van der Waals surface area contributed by atoms with E-state index in [1.807, 2.05) is 0 Å². The van der Waals surface area contributed by atoms with Gasteiger partial charge in [0.05, 0.1) is 7.05 Å². The Labute approximate surface area is 103 Å². The number of hydrogen-bond donors (Lipinski definition) is 3. The molecule has 2 fully saturated rings. The van der Waals surface area contributed by atoms with E-state index >= 15 is 0 Å². The summed E-state index contributed by atoms with van der Waals surface area (Å²) in [6, 6.07) is 0.415. The highest BCUT2D eigenvalue weighted by atomic mass is 16.5. The summed E-state index contributed by atoms with van der Waals surface area (Å²) < 4.78 is -0.00305. The van der Waals surface area contributed by atoms with E-state index in [2.05, 4.69) is 12.2 Å². The minimum atomic E-state index is -0.597. The monoisotopic (exact) mass is 242 g/mol. The smallest absolute Gasteiger partial charge is 0.238 e. The second-order valence-corrected chi connectivity index (χ2v) is 6.04. The predicted octanol–water partition coefficient (Wildman–Crippen LogP) is 0.228. The first-order valence-electron chi connectivity index (χ1n) is 6.50. The Hall–Kier alpha value is -0.650. The third-order valence-electron chi connectivity index (χ3n) is 4.59. The Morgan fingerprint density at radius 3 is 2.35 bits per heavy atom. The van der Waals surface area contributed by atoms with Crippen LogP contribution in [0.25, 0.3) is 0 Å². The van der Waals surface area contributed by atoms with Crippen LogP contribution in [-0.4, -0.2) is 47.5 Å². The number of carbonyl (C=O) groups excluding carboxylic acids is 1. The third kappa shape index (κ3) is 2.46. The maximum atomic E-state index is 11.7. The number of nitrogens with two attached hydrogens (primary N) is 1. The van der Waals surface area contributed by atoms with Crippen LogP contribution in [0.3, 0.4) is 0 Å². The Morgan fingerprint density at radius 1 is 1.41 bits per heavy atom. The lowest BCUT2D eigenvalue weighted by molar-refractivity contribution is -1.09.